The second-order valence-corrected chi connectivity index (χ2v) is 13.5. The first-order valence-electron chi connectivity index (χ1n) is 18.1. The van der Waals surface area contributed by atoms with Crippen molar-refractivity contribution in [1.82, 2.24) is 19.3 Å². The molecule has 56 heavy (non-hydrogen) atoms. The fourth-order valence-electron chi connectivity index (χ4n) is 6.98. The second-order valence-electron chi connectivity index (χ2n) is 13.5. The van der Waals surface area contributed by atoms with Crippen LogP contribution in [0.25, 0.3) is 44.4 Å². The van der Waals surface area contributed by atoms with Crippen LogP contribution in [0.2, 0.25) is 0 Å². The SMILES string of the molecule is Cc1ccnc(-n2c3[c-]c(Oc4[c-]c(-n5cc(-c6c(Oc7ccccc7)c(C)c(C)c(C)c6Oc6ccccc6)cn5)ccc4)ccc3c3ccccc32)c1.[Pt+2]. The molecule has 0 aliphatic rings. The molecule has 0 amide bonds. The van der Waals surface area contributed by atoms with Crippen LogP contribution in [-0.2, 0) is 21.1 Å². The first-order valence-corrected chi connectivity index (χ1v) is 18.1. The summed E-state index contributed by atoms with van der Waals surface area (Å²) in [6.45, 7) is 8.34. The maximum Gasteiger partial charge on any atom is 2.00 e. The number of pyridine rings is 1. The molecule has 9 aromatic rings. The summed E-state index contributed by atoms with van der Waals surface area (Å²) >= 11 is 0. The summed E-state index contributed by atoms with van der Waals surface area (Å²) in [5, 5.41) is 7.00. The van der Waals surface area contributed by atoms with E-state index in [9.17, 15) is 0 Å². The number of fused-ring (bicyclic) bond motifs is 3. The van der Waals surface area contributed by atoms with Crippen LogP contribution in [-0.4, -0.2) is 19.3 Å². The molecule has 6 aromatic carbocycles. The van der Waals surface area contributed by atoms with Crippen molar-refractivity contribution in [1.29, 1.82) is 0 Å². The Balaban J connectivity index is 0.00000441. The third-order valence-electron chi connectivity index (χ3n) is 9.96. The largest absolute Gasteiger partial charge is 2.00 e. The van der Waals surface area contributed by atoms with Crippen molar-refractivity contribution in [3.8, 4) is 57.1 Å². The van der Waals surface area contributed by atoms with E-state index < -0.39 is 0 Å². The second kappa shape index (κ2) is 15.4. The molecular formula is C48H36N4O3Pt. The van der Waals surface area contributed by atoms with Gasteiger partial charge >= 0.3 is 21.1 Å². The molecule has 276 valence electrons. The van der Waals surface area contributed by atoms with Gasteiger partial charge in [-0.15, -0.1) is 35.7 Å². The number of ether oxygens (including phenoxy) is 3. The minimum absolute atomic E-state index is 0. The van der Waals surface area contributed by atoms with Crippen LogP contribution in [0.5, 0.6) is 34.5 Å². The van der Waals surface area contributed by atoms with Gasteiger partial charge in [-0.1, -0.05) is 60.1 Å². The van der Waals surface area contributed by atoms with Gasteiger partial charge < -0.3 is 18.8 Å². The minimum Gasteiger partial charge on any atom is -0.509 e. The quantitative estimate of drug-likeness (QED) is 0.135. The van der Waals surface area contributed by atoms with Gasteiger partial charge in [-0.2, -0.15) is 17.2 Å². The predicted octanol–water partition coefficient (Wildman–Crippen LogP) is 12.2. The molecule has 0 unspecified atom stereocenters. The number of nitrogens with zero attached hydrogens (tertiary/aromatic N) is 4. The van der Waals surface area contributed by atoms with Crippen molar-refractivity contribution in [2.24, 2.45) is 0 Å². The molecular weight excluding hydrogens is 876 g/mol. The van der Waals surface area contributed by atoms with Crippen molar-refractivity contribution in [2.75, 3.05) is 0 Å². The van der Waals surface area contributed by atoms with Gasteiger partial charge in [0.15, 0.2) is 0 Å². The molecule has 0 fully saturated rings. The molecule has 0 saturated carbocycles. The van der Waals surface area contributed by atoms with Gasteiger partial charge in [0.1, 0.15) is 28.8 Å². The fraction of sp³-hybridized carbons (Fsp3) is 0.0833. The molecule has 3 heterocycles. The Morgan fingerprint density at radius 3 is 1.95 bits per heavy atom. The zero-order valence-electron chi connectivity index (χ0n) is 31.2. The summed E-state index contributed by atoms with van der Waals surface area (Å²) in [7, 11) is 0. The molecule has 0 radical (unpaired) electrons. The summed E-state index contributed by atoms with van der Waals surface area (Å²) in [4.78, 5) is 4.70. The van der Waals surface area contributed by atoms with Crippen LogP contribution >= 0.6 is 0 Å². The van der Waals surface area contributed by atoms with E-state index in [1.807, 2.05) is 116 Å². The Bertz CT molecular complexity index is 2780. The van der Waals surface area contributed by atoms with E-state index in [1.54, 1.807) is 4.68 Å². The summed E-state index contributed by atoms with van der Waals surface area (Å²) in [5.74, 6) is 4.82. The Hall–Kier alpha value is -6.43. The van der Waals surface area contributed by atoms with Crippen molar-refractivity contribution < 1.29 is 35.3 Å². The van der Waals surface area contributed by atoms with Gasteiger partial charge in [0.25, 0.3) is 0 Å². The maximum absolute atomic E-state index is 6.65. The van der Waals surface area contributed by atoms with Crippen molar-refractivity contribution in [2.45, 2.75) is 27.7 Å². The van der Waals surface area contributed by atoms with Gasteiger partial charge in [0, 0.05) is 35.0 Å². The van der Waals surface area contributed by atoms with Crippen LogP contribution in [0.4, 0.5) is 0 Å². The van der Waals surface area contributed by atoms with Crippen LogP contribution in [0.3, 0.4) is 0 Å². The Morgan fingerprint density at radius 1 is 0.589 bits per heavy atom. The molecule has 9 rings (SSSR count). The number of aromatic nitrogens is 4. The molecule has 0 aliphatic heterocycles. The van der Waals surface area contributed by atoms with E-state index in [1.165, 1.54) is 0 Å². The minimum atomic E-state index is 0. The number of hydrogen-bond donors (Lipinski definition) is 0. The summed E-state index contributed by atoms with van der Waals surface area (Å²) in [6.07, 6.45) is 5.64. The van der Waals surface area contributed by atoms with Gasteiger partial charge in [0.2, 0.25) is 0 Å². The van der Waals surface area contributed by atoms with Gasteiger partial charge in [-0.05, 0) is 103 Å². The van der Waals surface area contributed by atoms with Gasteiger partial charge in [0.05, 0.1) is 11.8 Å². The van der Waals surface area contributed by atoms with Gasteiger partial charge in [-0.3, -0.25) is 4.68 Å². The van der Waals surface area contributed by atoms with Crippen LogP contribution in [0, 0.1) is 39.8 Å². The molecule has 0 aliphatic carbocycles. The zero-order chi connectivity index (χ0) is 37.5. The van der Waals surface area contributed by atoms with E-state index in [0.29, 0.717) is 28.7 Å². The van der Waals surface area contributed by atoms with E-state index >= 15 is 0 Å². The average Bonchev–Trinajstić information content (AvgIpc) is 3.83. The standard InChI is InChI=1S/C48H36N4O3.Pt/c1-31-24-25-49-45(26-31)52-43-21-12-11-20-41(43)42-23-22-40(28-44(42)52)53-39-19-13-14-36(27-39)51-30-35(29-50-51)46-47(54-37-15-7-5-8-16-37)33(3)32(2)34(4)48(46)55-38-17-9-6-10-18-38;/h5-26,29-30H,1-4H3;/q-2;+2. The van der Waals surface area contributed by atoms with Crippen LogP contribution < -0.4 is 14.2 Å². The molecule has 8 heteroatoms. The van der Waals surface area contributed by atoms with E-state index in [4.69, 9.17) is 24.3 Å². The normalized spacial score (nSPS) is 11.1. The van der Waals surface area contributed by atoms with Crippen LogP contribution in [0.15, 0.2) is 146 Å². The number of aryl methyl sites for hydroxylation is 1. The first kappa shape index (κ1) is 36.5. The number of hydrogen-bond acceptors (Lipinski definition) is 5. The van der Waals surface area contributed by atoms with Crippen molar-refractivity contribution >= 4 is 21.8 Å². The summed E-state index contributed by atoms with van der Waals surface area (Å²) < 4.78 is 23.7. The average molecular weight is 912 g/mol. The monoisotopic (exact) mass is 911 g/mol. The molecule has 0 bridgehead atoms. The Morgan fingerprint density at radius 2 is 1.25 bits per heavy atom. The Labute approximate surface area is 340 Å². The van der Waals surface area contributed by atoms with Crippen LogP contribution in [0.1, 0.15) is 22.3 Å². The third-order valence-corrected chi connectivity index (χ3v) is 9.96. The maximum atomic E-state index is 6.65. The molecule has 0 atom stereocenters. The molecule has 0 saturated heterocycles. The first-order chi connectivity index (χ1) is 26.9. The summed E-state index contributed by atoms with van der Waals surface area (Å²) in [5.41, 5.74) is 8.57. The molecule has 7 nitrogen and oxygen atoms in total. The third kappa shape index (κ3) is 6.87. The van der Waals surface area contributed by atoms with Crippen molar-refractivity contribution in [3.05, 3.63) is 180 Å². The van der Waals surface area contributed by atoms with Crippen molar-refractivity contribution in [3.63, 3.8) is 0 Å². The fourth-order valence-corrected chi connectivity index (χ4v) is 6.98. The predicted molar refractivity (Wildman–Crippen MR) is 217 cm³/mol. The number of para-hydroxylation sites is 3. The van der Waals surface area contributed by atoms with E-state index in [0.717, 1.165) is 72.5 Å². The number of rotatable bonds is 9. The molecule has 0 N–H and O–H groups in total. The Kier molecular flexibility index (Phi) is 10.0. The molecule has 0 spiro atoms. The summed E-state index contributed by atoms with van der Waals surface area (Å²) in [6, 6.07) is 48.8. The zero-order valence-corrected chi connectivity index (χ0v) is 33.5. The topological polar surface area (TPSA) is 63.3 Å². The van der Waals surface area contributed by atoms with E-state index in [-0.39, 0.29) is 21.1 Å². The smallest absolute Gasteiger partial charge is 0.509 e. The molecule has 3 aromatic heterocycles. The number of benzene rings is 6. The van der Waals surface area contributed by atoms with Gasteiger partial charge in [-0.25, -0.2) is 4.98 Å². The van der Waals surface area contributed by atoms with E-state index in [2.05, 4.69) is 74.7 Å².